The average molecular weight is 365 g/mol. The summed E-state index contributed by atoms with van der Waals surface area (Å²) in [6.07, 6.45) is 4.30. The molecule has 0 saturated heterocycles. The van der Waals surface area contributed by atoms with Crippen LogP contribution in [0.5, 0.6) is 0 Å². The Morgan fingerprint density at radius 2 is 1.88 bits per heavy atom. The predicted octanol–water partition coefficient (Wildman–Crippen LogP) is 2.72. The lowest BCUT2D eigenvalue weighted by atomic mass is 10.1. The van der Waals surface area contributed by atoms with E-state index in [2.05, 4.69) is 60.2 Å². The van der Waals surface area contributed by atoms with Crippen molar-refractivity contribution in [1.29, 1.82) is 0 Å². The maximum absolute atomic E-state index is 4.65. The molecule has 0 aliphatic heterocycles. The number of hydrogen-bond donors (Lipinski definition) is 2. The lowest BCUT2D eigenvalue weighted by Gasteiger charge is -2.21. The molecule has 6 heteroatoms. The Kier molecular flexibility index (Phi) is 10.3. The molecule has 1 rings (SSSR count). The van der Waals surface area contributed by atoms with Gasteiger partial charge in [-0.25, -0.2) is 0 Å². The Hall–Kier alpha value is -1.56. The van der Waals surface area contributed by atoms with E-state index in [-0.39, 0.29) is 0 Å². The minimum Gasteiger partial charge on any atom is -0.354 e. The first kappa shape index (κ1) is 22.5. The van der Waals surface area contributed by atoms with E-state index in [9.17, 15) is 0 Å². The Morgan fingerprint density at radius 1 is 1.19 bits per heavy atom. The fourth-order valence-corrected chi connectivity index (χ4v) is 3.43. The van der Waals surface area contributed by atoms with Gasteiger partial charge >= 0.3 is 0 Å². The second-order valence-corrected chi connectivity index (χ2v) is 6.84. The number of rotatable bonds is 11. The Bertz CT molecular complexity index is 545. The SMILES string of the molecule is CCc1nn(C)c(CC)c1CNC(=NC)NC(C)CCCN(CC)CC. The van der Waals surface area contributed by atoms with Crippen LogP contribution < -0.4 is 10.6 Å². The van der Waals surface area contributed by atoms with E-state index in [1.54, 1.807) is 0 Å². The summed E-state index contributed by atoms with van der Waals surface area (Å²) in [5.41, 5.74) is 3.80. The summed E-state index contributed by atoms with van der Waals surface area (Å²) in [4.78, 5) is 6.87. The zero-order valence-corrected chi connectivity index (χ0v) is 18.0. The Morgan fingerprint density at radius 3 is 2.42 bits per heavy atom. The highest BCUT2D eigenvalue weighted by molar-refractivity contribution is 5.79. The molecule has 0 amide bonds. The molecule has 150 valence electrons. The molecule has 0 aliphatic carbocycles. The van der Waals surface area contributed by atoms with Crippen molar-refractivity contribution in [3.05, 3.63) is 17.0 Å². The molecule has 0 saturated carbocycles. The van der Waals surface area contributed by atoms with Crippen LogP contribution in [0.25, 0.3) is 0 Å². The average Bonchev–Trinajstić information content (AvgIpc) is 2.96. The molecule has 1 unspecified atom stereocenters. The smallest absolute Gasteiger partial charge is 0.191 e. The number of guanidine groups is 1. The van der Waals surface area contributed by atoms with Gasteiger partial charge in [-0.15, -0.1) is 0 Å². The molecule has 1 atom stereocenters. The zero-order valence-electron chi connectivity index (χ0n) is 18.0. The number of hydrogen-bond acceptors (Lipinski definition) is 3. The van der Waals surface area contributed by atoms with Crippen LogP contribution in [0, 0.1) is 0 Å². The molecule has 1 aromatic heterocycles. The van der Waals surface area contributed by atoms with Crippen LogP contribution in [-0.4, -0.2) is 53.4 Å². The highest BCUT2D eigenvalue weighted by Crippen LogP contribution is 2.15. The first-order valence-electron chi connectivity index (χ1n) is 10.2. The van der Waals surface area contributed by atoms with Crippen LogP contribution in [0.2, 0.25) is 0 Å². The van der Waals surface area contributed by atoms with Crippen molar-refractivity contribution in [2.24, 2.45) is 12.0 Å². The van der Waals surface area contributed by atoms with Crippen LogP contribution in [0.1, 0.15) is 64.4 Å². The van der Waals surface area contributed by atoms with Crippen molar-refractivity contribution in [3.8, 4) is 0 Å². The molecule has 0 radical (unpaired) electrons. The van der Waals surface area contributed by atoms with Crippen LogP contribution in [0.4, 0.5) is 0 Å². The van der Waals surface area contributed by atoms with Crippen molar-refractivity contribution >= 4 is 5.96 Å². The number of nitrogens with one attached hydrogen (secondary N) is 2. The van der Waals surface area contributed by atoms with Gasteiger partial charge in [-0.1, -0.05) is 27.7 Å². The van der Waals surface area contributed by atoms with Gasteiger partial charge in [0.25, 0.3) is 0 Å². The molecule has 0 fully saturated rings. The summed E-state index contributed by atoms with van der Waals surface area (Å²) in [5.74, 6) is 0.869. The second kappa shape index (κ2) is 11.9. The van der Waals surface area contributed by atoms with Crippen molar-refractivity contribution in [3.63, 3.8) is 0 Å². The van der Waals surface area contributed by atoms with Gasteiger partial charge in [-0.2, -0.15) is 5.10 Å². The van der Waals surface area contributed by atoms with Gasteiger partial charge in [0.05, 0.1) is 5.69 Å². The summed E-state index contributed by atoms with van der Waals surface area (Å²) in [7, 11) is 3.87. The van der Waals surface area contributed by atoms with Crippen LogP contribution in [-0.2, 0) is 26.4 Å². The number of aliphatic imine (C=N–C) groups is 1. The molecule has 1 heterocycles. The molecule has 1 aromatic rings. The van der Waals surface area contributed by atoms with Gasteiger partial charge in [0, 0.05) is 37.9 Å². The maximum Gasteiger partial charge on any atom is 0.191 e. The minimum absolute atomic E-state index is 0.405. The van der Waals surface area contributed by atoms with E-state index in [0.29, 0.717) is 6.04 Å². The third-order valence-corrected chi connectivity index (χ3v) is 5.07. The largest absolute Gasteiger partial charge is 0.354 e. The van der Waals surface area contributed by atoms with Crippen molar-refractivity contribution < 1.29 is 0 Å². The summed E-state index contributed by atoms with van der Waals surface area (Å²) in [6, 6.07) is 0.405. The molecule has 0 bridgehead atoms. The van der Waals surface area contributed by atoms with Crippen LogP contribution in [0.3, 0.4) is 0 Å². The lowest BCUT2D eigenvalue weighted by molar-refractivity contribution is 0.292. The molecule has 0 aliphatic rings. The molecule has 26 heavy (non-hydrogen) atoms. The van der Waals surface area contributed by atoms with Gasteiger partial charge in [0.2, 0.25) is 0 Å². The highest BCUT2D eigenvalue weighted by atomic mass is 15.3. The third kappa shape index (κ3) is 6.63. The fraction of sp³-hybridized carbons (Fsp3) is 0.800. The quantitative estimate of drug-likeness (QED) is 0.468. The van der Waals surface area contributed by atoms with Crippen molar-refractivity contribution in [2.75, 3.05) is 26.7 Å². The van der Waals surface area contributed by atoms with E-state index in [4.69, 9.17) is 0 Å². The van der Waals surface area contributed by atoms with Crippen molar-refractivity contribution in [2.45, 2.75) is 72.9 Å². The molecule has 0 spiro atoms. The lowest BCUT2D eigenvalue weighted by Crippen LogP contribution is -2.42. The highest BCUT2D eigenvalue weighted by Gasteiger charge is 2.14. The molecule has 0 aromatic carbocycles. The molecule has 6 nitrogen and oxygen atoms in total. The first-order valence-corrected chi connectivity index (χ1v) is 10.2. The summed E-state index contributed by atoms with van der Waals surface area (Å²) >= 11 is 0. The normalized spacial score (nSPS) is 13.3. The fourth-order valence-electron chi connectivity index (χ4n) is 3.43. The summed E-state index contributed by atoms with van der Waals surface area (Å²) < 4.78 is 2.02. The van der Waals surface area contributed by atoms with Gasteiger partial charge < -0.3 is 15.5 Å². The Labute approximate surface area is 160 Å². The Balaban J connectivity index is 2.53. The van der Waals surface area contributed by atoms with Crippen LogP contribution >= 0.6 is 0 Å². The number of aromatic nitrogens is 2. The van der Waals surface area contributed by atoms with Gasteiger partial charge in [0.1, 0.15) is 0 Å². The number of aryl methyl sites for hydroxylation is 2. The standard InChI is InChI=1S/C20H40N6/c1-8-18-17(19(9-2)25(7)24-18)15-22-20(21-6)23-16(5)13-12-14-26(10-3)11-4/h16H,8-15H2,1-7H3,(H2,21,22,23). The summed E-state index contributed by atoms with van der Waals surface area (Å²) in [5, 5.41) is 11.6. The topological polar surface area (TPSA) is 57.5 Å². The molecule has 2 N–H and O–H groups in total. The van der Waals surface area contributed by atoms with Gasteiger partial charge in [0.15, 0.2) is 5.96 Å². The van der Waals surface area contributed by atoms with E-state index in [0.717, 1.165) is 44.9 Å². The minimum atomic E-state index is 0.405. The second-order valence-electron chi connectivity index (χ2n) is 6.84. The van der Waals surface area contributed by atoms with Gasteiger partial charge in [-0.3, -0.25) is 9.67 Å². The van der Waals surface area contributed by atoms with E-state index >= 15 is 0 Å². The van der Waals surface area contributed by atoms with Crippen molar-refractivity contribution in [1.82, 2.24) is 25.3 Å². The van der Waals surface area contributed by atoms with E-state index < -0.39 is 0 Å². The van der Waals surface area contributed by atoms with Gasteiger partial charge in [-0.05, 0) is 52.2 Å². The van der Waals surface area contributed by atoms with E-state index in [1.165, 1.54) is 29.9 Å². The van der Waals surface area contributed by atoms with E-state index in [1.807, 2.05) is 18.8 Å². The summed E-state index contributed by atoms with van der Waals surface area (Å²) in [6.45, 7) is 15.2. The monoisotopic (exact) mass is 364 g/mol. The molecular weight excluding hydrogens is 324 g/mol. The molecular formula is C20H40N6. The maximum atomic E-state index is 4.65. The predicted molar refractivity (Wildman–Crippen MR) is 112 cm³/mol. The first-order chi connectivity index (χ1) is 12.5. The zero-order chi connectivity index (χ0) is 19.5. The third-order valence-electron chi connectivity index (χ3n) is 5.07. The van der Waals surface area contributed by atoms with Crippen LogP contribution in [0.15, 0.2) is 4.99 Å². The number of nitrogens with zero attached hydrogens (tertiary/aromatic N) is 4.